The fourth-order valence-electron chi connectivity index (χ4n) is 6.82. The number of likely N-dealkylation sites (tertiary alicyclic amines) is 2. The summed E-state index contributed by atoms with van der Waals surface area (Å²) in [5, 5.41) is 28.7. The molecule has 15 nitrogen and oxygen atoms in total. The fourth-order valence-corrected chi connectivity index (χ4v) is 7.08. The molecule has 1 aromatic carbocycles. The largest absolute Gasteiger partial charge is 0.483 e. The molecule has 21 heteroatoms. The normalized spacial score (nSPS) is 24.6. The van der Waals surface area contributed by atoms with Gasteiger partial charge in [-0.3, -0.25) is 19.1 Å². The first kappa shape index (κ1) is 37.0. The van der Waals surface area contributed by atoms with Crippen LogP contribution in [0.5, 0.6) is 0 Å². The Balaban J connectivity index is 0.00000150. The molecule has 3 aliphatic heterocycles. The van der Waals surface area contributed by atoms with Crippen LogP contribution in [-0.4, -0.2) is 121 Å². The Morgan fingerprint density at radius 3 is 2.29 bits per heavy atom. The third kappa shape index (κ3) is 7.26. The van der Waals surface area contributed by atoms with E-state index in [2.05, 4.69) is 26.0 Å². The van der Waals surface area contributed by atoms with E-state index < -0.39 is 47.8 Å². The Bertz CT molecular complexity index is 1870. The van der Waals surface area contributed by atoms with Crippen molar-refractivity contribution < 1.29 is 51.3 Å². The topological polar surface area (TPSA) is 187 Å². The Morgan fingerprint density at radius 2 is 1.73 bits per heavy atom. The van der Waals surface area contributed by atoms with Gasteiger partial charge in [-0.15, -0.1) is 0 Å². The molecule has 5 N–H and O–H groups in total. The molecule has 7 rings (SSSR count). The monoisotopic (exact) mass is 757 g/mol. The van der Waals surface area contributed by atoms with Crippen molar-refractivity contribution in [1.29, 1.82) is 0 Å². The number of fused-ring (bicyclic) bond motifs is 1. The van der Waals surface area contributed by atoms with Crippen LogP contribution in [0.4, 0.5) is 32.4 Å². The molecule has 3 aromatic rings. The number of alkyl halides is 5. The number of hydrogen-bond acceptors (Lipinski definition) is 8. The first-order valence-electron chi connectivity index (χ1n) is 16.0. The second kappa shape index (κ2) is 14.0. The maximum Gasteiger partial charge on any atom is 0.435 e. The number of rotatable bonds is 6. The first-order chi connectivity index (χ1) is 24.5. The van der Waals surface area contributed by atoms with Crippen molar-refractivity contribution in [1.82, 2.24) is 39.8 Å². The van der Waals surface area contributed by atoms with Gasteiger partial charge >= 0.3 is 12.2 Å². The minimum absolute atomic E-state index is 0.0595. The van der Waals surface area contributed by atoms with Gasteiger partial charge in [0.2, 0.25) is 0 Å². The lowest BCUT2D eigenvalue weighted by Crippen LogP contribution is -2.49. The summed E-state index contributed by atoms with van der Waals surface area (Å²) in [6.45, 7) is 2.47. The van der Waals surface area contributed by atoms with Crippen molar-refractivity contribution >= 4 is 41.6 Å². The third-order valence-corrected chi connectivity index (χ3v) is 9.90. The summed E-state index contributed by atoms with van der Waals surface area (Å²) >= 11 is 6.46. The van der Waals surface area contributed by atoms with Gasteiger partial charge in [0.25, 0.3) is 24.2 Å². The number of carboxylic acid groups (broad SMARTS) is 1. The molecule has 2 aromatic heterocycles. The number of aromatic nitrogens is 4. The van der Waals surface area contributed by atoms with Crippen LogP contribution in [0.25, 0.3) is 11.3 Å². The number of aliphatic hydroxyl groups is 1. The van der Waals surface area contributed by atoms with E-state index in [1.165, 1.54) is 25.2 Å². The predicted octanol–water partition coefficient (Wildman–Crippen LogP) is 2.54. The van der Waals surface area contributed by atoms with Gasteiger partial charge in [-0.05, 0) is 18.2 Å². The molecule has 4 amide bonds. The first-order valence-corrected chi connectivity index (χ1v) is 16.4. The molecule has 0 bridgehead atoms. The number of amides is 4. The van der Waals surface area contributed by atoms with E-state index >= 15 is 0 Å². The van der Waals surface area contributed by atoms with Gasteiger partial charge in [0.1, 0.15) is 6.04 Å². The lowest BCUT2D eigenvalue weighted by molar-refractivity contribution is -0.141. The maximum absolute atomic E-state index is 13.8. The molecule has 0 radical (unpaired) electrons. The van der Waals surface area contributed by atoms with E-state index in [0.29, 0.717) is 44.0 Å². The number of carbonyl (C=O) groups is 4. The average Bonchev–Trinajstić information content (AvgIpc) is 3.72. The summed E-state index contributed by atoms with van der Waals surface area (Å²) in [5.41, 5.74) is -1.64. The van der Waals surface area contributed by atoms with E-state index in [9.17, 15) is 41.4 Å². The predicted molar refractivity (Wildman–Crippen MR) is 172 cm³/mol. The Kier molecular flexibility index (Phi) is 9.92. The van der Waals surface area contributed by atoms with E-state index in [4.69, 9.17) is 21.5 Å². The molecule has 4 aliphatic rings. The Hall–Kier alpha value is -4.82. The maximum atomic E-state index is 13.8. The van der Waals surface area contributed by atoms with Crippen molar-refractivity contribution in [3.8, 4) is 11.3 Å². The zero-order valence-electron chi connectivity index (χ0n) is 27.3. The molecule has 5 atom stereocenters. The lowest BCUT2D eigenvalue weighted by atomic mass is 10.0. The van der Waals surface area contributed by atoms with Crippen molar-refractivity contribution in [3.63, 3.8) is 0 Å². The standard InChI is InChI=1S/C30H31ClF5N9O4.CH2O2/c1-42-21(18-13-45(23-5-29(23,32)33)41-24(18)30(34,35)36)7-38-25(42)26(47)39-16-2-3-17(19(31)4-16)27(48)43-9-14-11-44(12-15(14)10-43)28(49)40-20-6-37-8-22(20)46;2-1-3/h2-4,7,13-15,20,22-23,37,46H,5-6,8-12H2,1H3,(H,39,47)(H,40,49);1H,(H,2,3)/t14-,15+,20-,22-,23?;/m1./s1. The molecule has 4 fully saturated rings. The van der Waals surface area contributed by atoms with Crippen LogP contribution in [-0.2, 0) is 18.0 Å². The van der Waals surface area contributed by atoms with Crippen molar-refractivity contribution in [2.45, 2.75) is 36.7 Å². The molecule has 280 valence electrons. The summed E-state index contributed by atoms with van der Waals surface area (Å²) < 4.78 is 70.2. The average molecular weight is 758 g/mol. The van der Waals surface area contributed by atoms with Gasteiger partial charge < -0.3 is 40.5 Å². The van der Waals surface area contributed by atoms with Crippen molar-refractivity contribution in [2.75, 3.05) is 44.6 Å². The third-order valence-electron chi connectivity index (χ3n) is 9.59. The van der Waals surface area contributed by atoms with Gasteiger partial charge in [-0.2, -0.15) is 18.3 Å². The summed E-state index contributed by atoms with van der Waals surface area (Å²) in [6, 6.07) is 2.20. The molecule has 52 heavy (non-hydrogen) atoms. The van der Waals surface area contributed by atoms with E-state index in [1.54, 1.807) is 9.80 Å². The Morgan fingerprint density at radius 1 is 1.10 bits per heavy atom. The van der Waals surface area contributed by atoms with Crippen LogP contribution in [0.15, 0.2) is 30.6 Å². The molecular formula is C31H33ClF5N9O6. The Labute approximate surface area is 296 Å². The summed E-state index contributed by atoms with van der Waals surface area (Å²) in [6.07, 6.45) is -4.31. The number of imidazole rings is 1. The van der Waals surface area contributed by atoms with Crippen molar-refractivity contribution in [3.05, 3.63) is 52.7 Å². The van der Waals surface area contributed by atoms with Crippen LogP contribution in [0.1, 0.15) is 39.1 Å². The molecule has 1 aliphatic carbocycles. The van der Waals surface area contributed by atoms with Gasteiger partial charge in [-0.25, -0.2) is 18.6 Å². The van der Waals surface area contributed by atoms with Crippen LogP contribution >= 0.6 is 11.6 Å². The van der Waals surface area contributed by atoms with Gasteiger partial charge in [0.15, 0.2) is 11.5 Å². The van der Waals surface area contributed by atoms with Gasteiger partial charge in [0.05, 0.1) is 40.2 Å². The zero-order valence-corrected chi connectivity index (χ0v) is 28.0. The highest BCUT2D eigenvalue weighted by atomic mass is 35.5. The smallest absolute Gasteiger partial charge is 0.435 e. The molecule has 1 saturated carbocycles. The van der Waals surface area contributed by atoms with Gasteiger partial charge in [0, 0.05) is 76.5 Å². The fraction of sp³-hybridized carbons (Fsp3) is 0.484. The van der Waals surface area contributed by atoms with E-state index in [0.717, 1.165) is 17.0 Å². The molecule has 0 spiro atoms. The molecular weight excluding hydrogens is 725 g/mol. The lowest BCUT2D eigenvalue weighted by Gasteiger charge is -2.24. The molecule has 1 unspecified atom stereocenters. The van der Waals surface area contributed by atoms with E-state index in [-0.39, 0.29) is 64.1 Å². The van der Waals surface area contributed by atoms with Crippen LogP contribution in [0.2, 0.25) is 5.02 Å². The number of nitrogens with one attached hydrogen (secondary N) is 3. The zero-order chi connectivity index (χ0) is 37.7. The second-order valence-corrected chi connectivity index (χ2v) is 13.5. The van der Waals surface area contributed by atoms with Crippen LogP contribution in [0, 0.1) is 11.8 Å². The minimum Gasteiger partial charge on any atom is -0.483 e. The molecule has 3 saturated heterocycles. The summed E-state index contributed by atoms with van der Waals surface area (Å²) in [5.74, 6) is -4.37. The number of anilines is 1. The van der Waals surface area contributed by atoms with Crippen LogP contribution in [0.3, 0.4) is 0 Å². The summed E-state index contributed by atoms with van der Waals surface area (Å²) in [4.78, 5) is 54.9. The number of benzene rings is 1. The number of aliphatic hydroxyl groups excluding tert-OH is 1. The number of carbonyl (C=O) groups excluding carboxylic acids is 3. The number of nitrogens with zero attached hydrogens (tertiary/aromatic N) is 6. The highest BCUT2D eigenvalue weighted by Gasteiger charge is 2.59. The van der Waals surface area contributed by atoms with Gasteiger partial charge in [-0.1, -0.05) is 11.6 Å². The highest BCUT2D eigenvalue weighted by molar-refractivity contribution is 6.34. The SMILES string of the molecule is Cn1c(-c2cn(C3CC3(F)F)nc2C(F)(F)F)cnc1C(=O)Nc1ccc(C(=O)N2C[C@H]3CN(C(=O)N[C@@H]4CNC[C@H]4O)C[C@H]3C2)c(Cl)c1.O=CO. The summed E-state index contributed by atoms with van der Waals surface area (Å²) in [7, 11) is 1.31. The van der Waals surface area contributed by atoms with Crippen LogP contribution < -0.4 is 16.0 Å². The van der Waals surface area contributed by atoms with Crippen molar-refractivity contribution in [2.24, 2.45) is 18.9 Å². The number of β-amino-alcohol motifs (C(OH)–C–C–N with tert-alkyl or cyclic N) is 1. The molecule has 5 heterocycles. The quantitative estimate of drug-likeness (QED) is 0.186. The number of halogens is 6. The number of urea groups is 1. The highest BCUT2D eigenvalue weighted by Crippen LogP contribution is 2.53. The van der Waals surface area contributed by atoms with E-state index in [1.807, 2.05) is 0 Å². The second-order valence-electron chi connectivity index (χ2n) is 13.0. The minimum atomic E-state index is -4.95. The number of hydrogen-bond donors (Lipinski definition) is 5.